The van der Waals surface area contributed by atoms with Crippen molar-refractivity contribution < 1.29 is 14.3 Å². The molecule has 4 nitrogen and oxygen atoms in total. The highest BCUT2D eigenvalue weighted by Crippen LogP contribution is 2.27. The molecule has 2 aromatic carbocycles. The maximum Gasteiger partial charge on any atom is 0.254 e. The van der Waals surface area contributed by atoms with Gasteiger partial charge in [0.2, 0.25) is 0 Å². The number of amides is 1. The van der Waals surface area contributed by atoms with Gasteiger partial charge in [-0.05, 0) is 24.3 Å². The maximum atomic E-state index is 11.7. The molecule has 96 valence electrons. The molecule has 0 fully saturated rings. The van der Waals surface area contributed by atoms with E-state index in [0.717, 1.165) is 6.29 Å². The van der Waals surface area contributed by atoms with Gasteiger partial charge < -0.3 is 10.1 Å². The first kappa shape index (κ1) is 12.8. The van der Waals surface area contributed by atoms with E-state index in [2.05, 4.69) is 5.32 Å². The Morgan fingerprint density at radius 2 is 1.68 bits per heavy atom. The summed E-state index contributed by atoms with van der Waals surface area (Å²) in [5.41, 5.74) is 0.861. The minimum Gasteiger partial charge on any atom is -0.456 e. The van der Waals surface area contributed by atoms with E-state index in [9.17, 15) is 9.59 Å². The van der Waals surface area contributed by atoms with Crippen molar-refractivity contribution in [1.82, 2.24) is 5.32 Å². The molecule has 0 heterocycles. The number of ether oxygens (including phenoxy) is 1. The van der Waals surface area contributed by atoms with Gasteiger partial charge in [0.15, 0.2) is 6.29 Å². The molecular weight excluding hydrogens is 242 g/mol. The first-order valence-electron chi connectivity index (χ1n) is 5.79. The minimum absolute atomic E-state index is 0.237. The second-order valence-electron chi connectivity index (χ2n) is 3.83. The van der Waals surface area contributed by atoms with Crippen LogP contribution in [0.2, 0.25) is 0 Å². The second kappa shape index (κ2) is 5.82. The third kappa shape index (κ3) is 2.80. The Kier molecular flexibility index (Phi) is 3.93. The number of aldehydes is 1. The highest BCUT2D eigenvalue weighted by atomic mass is 16.5. The van der Waals surface area contributed by atoms with Crippen molar-refractivity contribution in [3.8, 4) is 11.5 Å². The number of carbonyl (C=O) groups is 2. The Morgan fingerprint density at radius 1 is 1.05 bits per heavy atom. The fourth-order valence-corrected chi connectivity index (χ4v) is 1.67. The van der Waals surface area contributed by atoms with Gasteiger partial charge in [-0.3, -0.25) is 9.59 Å². The summed E-state index contributed by atoms with van der Waals surface area (Å²) in [6.45, 7) is 0. The summed E-state index contributed by atoms with van der Waals surface area (Å²) < 4.78 is 5.66. The Hall–Kier alpha value is -2.62. The van der Waals surface area contributed by atoms with Crippen LogP contribution in [0.3, 0.4) is 0 Å². The van der Waals surface area contributed by atoms with Gasteiger partial charge in [-0.15, -0.1) is 0 Å². The maximum absolute atomic E-state index is 11.7. The predicted octanol–water partition coefficient (Wildman–Crippen LogP) is 2.65. The van der Waals surface area contributed by atoms with Gasteiger partial charge in [0.25, 0.3) is 5.91 Å². The van der Waals surface area contributed by atoms with E-state index in [-0.39, 0.29) is 5.91 Å². The van der Waals surface area contributed by atoms with Crippen molar-refractivity contribution in [2.45, 2.75) is 0 Å². The normalized spacial score (nSPS) is 9.74. The molecule has 0 spiro atoms. The van der Waals surface area contributed by atoms with E-state index in [4.69, 9.17) is 4.74 Å². The fourth-order valence-electron chi connectivity index (χ4n) is 1.67. The molecule has 4 heteroatoms. The monoisotopic (exact) mass is 255 g/mol. The van der Waals surface area contributed by atoms with Crippen molar-refractivity contribution in [3.63, 3.8) is 0 Å². The molecule has 0 atom stereocenters. The van der Waals surface area contributed by atoms with E-state index in [1.165, 1.54) is 0 Å². The molecule has 0 aliphatic carbocycles. The van der Waals surface area contributed by atoms with Crippen LogP contribution in [0.4, 0.5) is 0 Å². The Labute approximate surface area is 111 Å². The number of hydrogen-bond acceptors (Lipinski definition) is 3. The zero-order valence-corrected chi connectivity index (χ0v) is 10.4. The lowest BCUT2D eigenvalue weighted by Gasteiger charge is -2.11. The van der Waals surface area contributed by atoms with Crippen LogP contribution in [-0.4, -0.2) is 19.2 Å². The van der Waals surface area contributed by atoms with Crippen LogP contribution in [0.5, 0.6) is 11.5 Å². The molecule has 0 radical (unpaired) electrons. The molecular formula is C15H13NO3. The highest BCUT2D eigenvalue weighted by molar-refractivity contribution is 5.96. The van der Waals surface area contributed by atoms with Gasteiger partial charge in [-0.25, -0.2) is 0 Å². The molecule has 0 saturated carbocycles. The van der Waals surface area contributed by atoms with Gasteiger partial charge in [-0.1, -0.05) is 24.3 Å². The van der Waals surface area contributed by atoms with Crippen LogP contribution in [0.1, 0.15) is 20.7 Å². The van der Waals surface area contributed by atoms with Crippen LogP contribution in [0.25, 0.3) is 0 Å². The van der Waals surface area contributed by atoms with E-state index < -0.39 is 0 Å². The summed E-state index contributed by atoms with van der Waals surface area (Å²) >= 11 is 0. The van der Waals surface area contributed by atoms with E-state index in [1.807, 2.05) is 0 Å². The minimum atomic E-state index is -0.237. The molecule has 1 N–H and O–H groups in total. The number of para-hydroxylation sites is 2. The van der Waals surface area contributed by atoms with Gasteiger partial charge in [-0.2, -0.15) is 0 Å². The number of nitrogens with one attached hydrogen (secondary N) is 1. The summed E-state index contributed by atoms with van der Waals surface area (Å²) in [6, 6.07) is 13.7. The zero-order valence-electron chi connectivity index (χ0n) is 10.4. The average molecular weight is 255 g/mol. The number of rotatable bonds is 4. The van der Waals surface area contributed by atoms with Crippen molar-refractivity contribution >= 4 is 12.2 Å². The van der Waals surface area contributed by atoms with Gasteiger partial charge in [0.1, 0.15) is 11.5 Å². The third-order valence-corrected chi connectivity index (χ3v) is 2.62. The van der Waals surface area contributed by atoms with Crippen molar-refractivity contribution in [1.29, 1.82) is 0 Å². The standard InChI is InChI=1S/C15H13NO3/c1-16-15(18)12-7-3-5-9-14(12)19-13-8-4-2-6-11(13)10-17/h2-10H,1H3,(H,16,18). The zero-order chi connectivity index (χ0) is 13.7. The predicted molar refractivity (Wildman–Crippen MR) is 71.7 cm³/mol. The molecule has 19 heavy (non-hydrogen) atoms. The summed E-state index contributed by atoms with van der Waals surface area (Å²) in [5.74, 6) is 0.601. The SMILES string of the molecule is CNC(=O)c1ccccc1Oc1ccccc1C=O. The van der Waals surface area contributed by atoms with Gasteiger partial charge in [0, 0.05) is 7.05 Å². The molecule has 2 aromatic rings. The summed E-state index contributed by atoms with van der Waals surface area (Å²) in [6.07, 6.45) is 0.720. The largest absolute Gasteiger partial charge is 0.456 e. The average Bonchev–Trinajstić information content (AvgIpc) is 2.47. The van der Waals surface area contributed by atoms with Crippen LogP contribution in [-0.2, 0) is 0 Å². The van der Waals surface area contributed by atoms with Crippen LogP contribution < -0.4 is 10.1 Å². The number of hydrogen-bond donors (Lipinski definition) is 1. The Morgan fingerprint density at radius 3 is 2.37 bits per heavy atom. The molecule has 0 saturated heterocycles. The highest BCUT2D eigenvalue weighted by Gasteiger charge is 2.12. The number of benzene rings is 2. The van der Waals surface area contributed by atoms with Crippen molar-refractivity contribution in [2.75, 3.05) is 7.05 Å². The van der Waals surface area contributed by atoms with Crippen LogP contribution >= 0.6 is 0 Å². The van der Waals surface area contributed by atoms with Crippen molar-refractivity contribution in [2.24, 2.45) is 0 Å². The summed E-state index contributed by atoms with van der Waals surface area (Å²) in [7, 11) is 1.55. The molecule has 0 aromatic heterocycles. The van der Waals surface area contributed by atoms with E-state index >= 15 is 0 Å². The van der Waals surface area contributed by atoms with E-state index in [0.29, 0.717) is 22.6 Å². The quantitative estimate of drug-likeness (QED) is 0.854. The van der Waals surface area contributed by atoms with Crippen LogP contribution in [0.15, 0.2) is 48.5 Å². The summed E-state index contributed by atoms with van der Waals surface area (Å²) in [4.78, 5) is 22.7. The molecule has 0 bridgehead atoms. The second-order valence-corrected chi connectivity index (χ2v) is 3.83. The molecule has 0 unspecified atom stereocenters. The van der Waals surface area contributed by atoms with Gasteiger partial charge in [0.05, 0.1) is 11.1 Å². The van der Waals surface area contributed by atoms with Gasteiger partial charge >= 0.3 is 0 Å². The first-order valence-corrected chi connectivity index (χ1v) is 5.79. The van der Waals surface area contributed by atoms with Crippen LogP contribution in [0, 0.1) is 0 Å². The number of carbonyl (C=O) groups excluding carboxylic acids is 2. The Bertz CT molecular complexity index is 608. The lowest BCUT2D eigenvalue weighted by molar-refractivity contribution is 0.0960. The molecule has 0 aliphatic heterocycles. The smallest absolute Gasteiger partial charge is 0.254 e. The van der Waals surface area contributed by atoms with Crippen molar-refractivity contribution in [3.05, 3.63) is 59.7 Å². The molecule has 1 amide bonds. The molecule has 2 rings (SSSR count). The fraction of sp³-hybridized carbons (Fsp3) is 0.0667. The lowest BCUT2D eigenvalue weighted by Crippen LogP contribution is -2.18. The summed E-state index contributed by atoms with van der Waals surface area (Å²) in [5, 5.41) is 2.55. The lowest BCUT2D eigenvalue weighted by atomic mass is 10.1. The Balaban J connectivity index is 2.38. The first-order chi connectivity index (χ1) is 9.26. The topological polar surface area (TPSA) is 55.4 Å². The molecule has 0 aliphatic rings. The van der Waals surface area contributed by atoms with E-state index in [1.54, 1.807) is 55.6 Å². The third-order valence-electron chi connectivity index (χ3n) is 2.62.